The molecule has 1 atom stereocenters. The molecule has 20 heavy (non-hydrogen) atoms. The number of rotatable bonds is 8. The second-order valence-electron chi connectivity index (χ2n) is 5.11. The summed E-state index contributed by atoms with van der Waals surface area (Å²) in [6.07, 6.45) is 3.69. The van der Waals surface area contributed by atoms with Gasteiger partial charge in [0.2, 0.25) is 5.91 Å². The highest BCUT2D eigenvalue weighted by atomic mass is 32.2. The predicted molar refractivity (Wildman–Crippen MR) is 79.0 cm³/mol. The van der Waals surface area contributed by atoms with E-state index in [1.807, 2.05) is 6.26 Å². The maximum Gasteiger partial charge on any atom is 0.326 e. The van der Waals surface area contributed by atoms with Crippen LogP contribution in [0.2, 0.25) is 0 Å². The number of aliphatic carboxylic acids is 1. The predicted octanol–water partition coefficient (Wildman–Crippen LogP) is 0.325. The van der Waals surface area contributed by atoms with Crippen LogP contribution >= 0.6 is 11.8 Å². The fourth-order valence-electron chi connectivity index (χ4n) is 2.42. The zero-order valence-corrected chi connectivity index (χ0v) is 12.9. The van der Waals surface area contributed by atoms with Crippen molar-refractivity contribution in [3.8, 4) is 0 Å². The summed E-state index contributed by atoms with van der Waals surface area (Å²) >= 11 is 1.57. The number of carbonyl (C=O) groups is 2. The average molecular weight is 304 g/mol. The molecule has 1 saturated heterocycles. The minimum atomic E-state index is -0.978. The normalized spacial score (nSPS) is 19.3. The number of methoxy groups -OCH3 is 1. The molecule has 1 fully saturated rings. The van der Waals surface area contributed by atoms with E-state index in [1.165, 1.54) is 0 Å². The van der Waals surface area contributed by atoms with Crippen molar-refractivity contribution in [1.82, 2.24) is 10.6 Å². The third-order valence-corrected chi connectivity index (χ3v) is 4.32. The van der Waals surface area contributed by atoms with E-state index in [0.29, 0.717) is 31.6 Å². The molecule has 116 valence electrons. The smallest absolute Gasteiger partial charge is 0.326 e. The summed E-state index contributed by atoms with van der Waals surface area (Å²) in [4.78, 5) is 23.7. The van der Waals surface area contributed by atoms with Gasteiger partial charge in [-0.2, -0.15) is 11.8 Å². The van der Waals surface area contributed by atoms with E-state index in [2.05, 4.69) is 10.6 Å². The summed E-state index contributed by atoms with van der Waals surface area (Å²) in [6.45, 7) is 1.83. The molecule has 1 amide bonds. The molecule has 0 aromatic carbocycles. The zero-order chi connectivity index (χ0) is 15.0. The van der Waals surface area contributed by atoms with E-state index in [1.54, 1.807) is 18.9 Å². The third kappa shape index (κ3) is 4.64. The molecular formula is C13H24N2O4S. The van der Waals surface area contributed by atoms with Gasteiger partial charge in [0.05, 0.1) is 12.0 Å². The number of hydrogen-bond donors (Lipinski definition) is 3. The number of nitrogens with one attached hydrogen (secondary N) is 2. The van der Waals surface area contributed by atoms with E-state index in [9.17, 15) is 14.7 Å². The molecule has 0 saturated carbocycles. The molecule has 0 spiro atoms. The monoisotopic (exact) mass is 304 g/mol. The largest absolute Gasteiger partial charge is 0.480 e. The Kier molecular flexibility index (Phi) is 7.32. The molecule has 0 radical (unpaired) electrons. The van der Waals surface area contributed by atoms with Gasteiger partial charge < -0.3 is 20.5 Å². The van der Waals surface area contributed by atoms with Crippen molar-refractivity contribution in [3.05, 3.63) is 0 Å². The van der Waals surface area contributed by atoms with Crippen molar-refractivity contribution >= 4 is 23.6 Å². The maximum atomic E-state index is 12.5. The zero-order valence-electron chi connectivity index (χ0n) is 12.1. The fraction of sp³-hybridized carbons (Fsp3) is 0.846. The Balaban J connectivity index is 2.70. The lowest BCUT2D eigenvalue weighted by atomic mass is 9.78. The Morgan fingerprint density at radius 3 is 2.60 bits per heavy atom. The Morgan fingerprint density at radius 2 is 2.10 bits per heavy atom. The van der Waals surface area contributed by atoms with Gasteiger partial charge in [0.15, 0.2) is 0 Å². The van der Waals surface area contributed by atoms with Gasteiger partial charge in [-0.25, -0.2) is 4.79 Å². The van der Waals surface area contributed by atoms with Crippen molar-refractivity contribution in [2.24, 2.45) is 5.41 Å². The maximum absolute atomic E-state index is 12.5. The molecule has 7 heteroatoms. The van der Waals surface area contributed by atoms with E-state index in [4.69, 9.17) is 4.74 Å². The molecule has 0 aliphatic carbocycles. The van der Waals surface area contributed by atoms with E-state index in [-0.39, 0.29) is 5.91 Å². The lowest BCUT2D eigenvalue weighted by Crippen LogP contribution is -2.54. The molecule has 0 bridgehead atoms. The number of carboxylic acids is 1. The number of ether oxygens (including phenoxy) is 1. The van der Waals surface area contributed by atoms with Crippen molar-refractivity contribution in [3.63, 3.8) is 0 Å². The van der Waals surface area contributed by atoms with Gasteiger partial charge in [0.25, 0.3) is 0 Å². The van der Waals surface area contributed by atoms with E-state index < -0.39 is 17.4 Å². The van der Waals surface area contributed by atoms with Crippen LogP contribution in [-0.2, 0) is 14.3 Å². The third-order valence-electron chi connectivity index (χ3n) is 3.68. The summed E-state index contributed by atoms with van der Waals surface area (Å²) in [5.74, 6) is -0.473. The highest BCUT2D eigenvalue weighted by molar-refractivity contribution is 7.98. The summed E-state index contributed by atoms with van der Waals surface area (Å²) in [5, 5.41) is 15.1. The first-order chi connectivity index (χ1) is 9.55. The van der Waals surface area contributed by atoms with Gasteiger partial charge in [-0.05, 0) is 44.4 Å². The lowest BCUT2D eigenvalue weighted by molar-refractivity contribution is -0.146. The van der Waals surface area contributed by atoms with Crippen LogP contribution in [0.15, 0.2) is 0 Å². The summed E-state index contributed by atoms with van der Waals surface area (Å²) in [5.41, 5.74) is -0.604. The Bertz CT molecular complexity index is 327. The first kappa shape index (κ1) is 17.3. The standard InChI is InChI=1S/C13H24N2O4S/c1-19-9-13(4-6-14-7-5-13)12(18)15-10(11(16)17)3-8-20-2/h10,14H,3-9H2,1-2H3,(H,15,18)(H,16,17)/t10-/m1/s1. The number of carboxylic acid groups (broad SMARTS) is 1. The molecule has 1 rings (SSSR count). The Labute approximate surface area is 124 Å². The lowest BCUT2D eigenvalue weighted by Gasteiger charge is -2.36. The second-order valence-corrected chi connectivity index (χ2v) is 6.09. The molecule has 0 aromatic heterocycles. The van der Waals surface area contributed by atoms with Crippen LogP contribution in [0.5, 0.6) is 0 Å². The van der Waals surface area contributed by atoms with Crippen LogP contribution in [0.1, 0.15) is 19.3 Å². The molecule has 1 aliphatic rings. The van der Waals surface area contributed by atoms with Crippen LogP contribution in [0, 0.1) is 5.41 Å². The molecule has 1 aliphatic heterocycles. The van der Waals surface area contributed by atoms with Crippen LogP contribution in [0.3, 0.4) is 0 Å². The summed E-state index contributed by atoms with van der Waals surface area (Å²) < 4.78 is 5.19. The van der Waals surface area contributed by atoms with Crippen LogP contribution in [0.25, 0.3) is 0 Å². The fourth-order valence-corrected chi connectivity index (χ4v) is 2.89. The van der Waals surface area contributed by atoms with E-state index in [0.717, 1.165) is 13.1 Å². The minimum Gasteiger partial charge on any atom is -0.480 e. The van der Waals surface area contributed by atoms with Crippen LogP contribution in [-0.4, -0.2) is 61.8 Å². The average Bonchev–Trinajstić information content (AvgIpc) is 2.44. The number of carbonyl (C=O) groups excluding carboxylic acids is 1. The topological polar surface area (TPSA) is 87.7 Å². The van der Waals surface area contributed by atoms with Crippen molar-refractivity contribution in [2.45, 2.75) is 25.3 Å². The minimum absolute atomic E-state index is 0.200. The van der Waals surface area contributed by atoms with Gasteiger partial charge >= 0.3 is 5.97 Å². The van der Waals surface area contributed by atoms with Crippen molar-refractivity contribution in [1.29, 1.82) is 0 Å². The molecule has 3 N–H and O–H groups in total. The first-order valence-corrected chi connectivity index (χ1v) is 8.17. The molecule has 6 nitrogen and oxygen atoms in total. The van der Waals surface area contributed by atoms with Gasteiger partial charge in [-0.15, -0.1) is 0 Å². The molecule has 0 aromatic rings. The number of piperidine rings is 1. The van der Waals surface area contributed by atoms with Gasteiger partial charge in [0, 0.05) is 7.11 Å². The van der Waals surface area contributed by atoms with Gasteiger partial charge in [-0.1, -0.05) is 0 Å². The number of amides is 1. The van der Waals surface area contributed by atoms with Gasteiger partial charge in [-0.3, -0.25) is 4.79 Å². The molecule has 1 heterocycles. The number of thioether (sulfide) groups is 1. The van der Waals surface area contributed by atoms with E-state index >= 15 is 0 Å². The summed E-state index contributed by atoms with van der Waals surface area (Å²) in [6, 6.07) is -0.821. The molecule has 0 unspecified atom stereocenters. The first-order valence-electron chi connectivity index (χ1n) is 6.78. The SMILES string of the molecule is COCC1(C(=O)N[C@H](CCSC)C(=O)O)CCNCC1. The Hall–Kier alpha value is -0.790. The highest BCUT2D eigenvalue weighted by Gasteiger charge is 2.41. The highest BCUT2D eigenvalue weighted by Crippen LogP contribution is 2.29. The number of hydrogen-bond acceptors (Lipinski definition) is 5. The molecular weight excluding hydrogens is 280 g/mol. The quantitative estimate of drug-likeness (QED) is 0.599. The Morgan fingerprint density at radius 1 is 1.45 bits per heavy atom. The van der Waals surface area contributed by atoms with Crippen molar-refractivity contribution < 1.29 is 19.4 Å². The summed E-state index contributed by atoms with van der Waals surface area (Å²) in [7, 11) is 1.57. The van der Waals surface area contributed by atoms with Crippen LogP contribution < -0.4 is 10.6 Å². The van der Waals surface area contributed by atoms with Crippen LogP contribution in [0.4, 0.5) is 0 Å². The van der Waals surface area contributed by atoms with Crippen molar-refractivity contribution in [2.75, 3.05) is 38.8 Å². The van der Waals surface area contributed by atoms with Gasteiger partial charge in [0.1, 0.15) is 6.04 Å². The second kappa shape index (κ2) is 8.49.